The maximum atomic E-state index is 5.24. The Morgan fingerprint density at radius 2 is 2.20 bits per heavy atom. The predicted molar refractivity (Wildman–Crippen MR) is 58.4 cm³/mol. The van der Waals surface area contributed by atoms with Crippen LogP contribution in [0.25, 0.3) is 0 Å². The molecule has 0 aliphatic rings. The van der Waals surface area contributed by atoms with E-state index in [1.54, 1.807) is 7.11 Å². The third kappa shape index (κ3) is 4.76. The maximum Gasteiger partial charge on any atom is 0.213 e. The molecule has 1 aromatic heterocycles. The molecular formula is C11H18N2O2. The molecule has 0 aliphatic carbocycles. The van der Waals surface area contributed by atoms with Gasteiger partial charge in [-0.15, -0.1) is 0 Å². The summed E-state index contributed by atoms with van der Waals surface area (Å²) < 4.78 is 5.02. The van der Waals surface area contributed by atoms with E-state index < -0.39 is 0 Å². The Balaban J connectivity index is 2.30. The van der Waals surface area contributed by atoms with Crippen LogP contribution >= 0.6 is 0 Å². The van der Waals surface area contributed by atoms with E-state index in [1.165, 1.54) is 0 Å². The molecule has 0 saturated carbocycles. The van der Waals surface area contributed by atoms with Gasteiger partial charge in [-0.3, -0.25) is 0 Å². The molecule has 0 saturated heterocycles. The van der Waals surface area contributed by atoms with Gasteiger partial charge in [0.15, 0.2) is 0 Å². The van der Waals surface area contributed by atoms with E-state index in [-0.39, 0.29) is 0 Å². The molecule has 1 heterocycles. The predicted octanol–water partition coefficient (Wildman–Crippen LogP) is 1.77. The van der Waals surface area contributed by atoms with Crippen LogP contribution in [0.3, 0.4) is 0 Å². The van der Waals surface area contributed by atoms with E-state index in [0.717, 1.165) is 5.69 Å². The minimum Gasteiger partial charge on any atom is -0.481 e. The number of hydroxylamine groups is 1. The molecule has 1 N–H and O–H groups in total. The molecule has 15 heavy (non-hydrogen) atoms. The van der Waals surface area contributed by atoms with Crippen molar-refractivity contribution in [3.05, 3.63) is 23.9 Å². The summed E-state index contributed by atoms with van der Waals surface area (Å²) in [5.41, 5.74) is 3.77. The molecule has 0 spiro atoms. The van der Waals surface area contributed by atoms with Gasteiger partial charge >= 0.3 is 0 Å². The zero-order valence-corrected chi connectivity index (χ0v) is 9.49. The summed E-state index contributed by atoms with van der Waals surface area (Å²) in [6.07, 6.45) is 0. The van der Waals surface area contributed by atoms with Crippen LogP contribution in [0.5, 0.6) is 5.88 Å². The first-order valence-corrected chi connectivity index (χ1v) is 5.07. The number of nitrogens with one attached hydrogen (secondary N) is 1. The Kier molecular flexibility index (Phi) is 5.07. The molecule has 0 bridgehead atoms. The molecule has 0 radical (unpaired) electrons. The highest BCUT2D eigenvalue weighted by Crippen LogP contribution is 2.06. The quantitative estimate of drug-likeness (QED) is 0.574. The second-order valence-corrected chi connectivity index (χ2v) is 3.70. The van der Waals surface area contributed by atoms with Crippen molar-refractivity contribution in [3.63, 3.8) is 0 Å². The van der Waals surface area contributed by atoms with Gasteiger partial charge in [0.1, 0.15) is 0 Å². The summed E-state index contributed by atoms with van der Waals surface area (Å²) in [6.45, 7) is 5.49. The van der Waals surface area contributed by atoms with Crippen molar-refractivity contribution in [1.29, 1.82) is 0 Å². The molecule has 1 rings (SSSR count). The Labute approximate surface area is 90.6 Å². The SMILES string of the molecule is COc1cccc(CNOCC(C)C)n1. The van der Waals surface area contributed by atoms with Gasteiger partial charge in [0, 0.05) is 6.07 Å². The molecule has 0 amide bonds. The van der Waals surface area contributed by atoms with Crippen molar-refractivity contribution in [1.82, 2.24) is 10.5 Å². The molecule has 4 heteroatoms. The third-order valence-corrected chi connectivity index (χ3v) is 1.76. The van der Waals surface area contributed by atoms with Gasteiger partial charge in [0.05, 0.1) is 26.0 Å². The fraction of sp³-hybridized carbons (Fsp3) is 0.545. The summed E-state index contributed by atoms with van der Waals surface area (Å²) in [5.74, 6) is 1.15. The molecule has 4 nitrogen and oxygen atoms in total. The van der Waals surface area contributed by atoms with Crippen molar-refractivity contribution < 1.29 is 9.57 Å². The van der Waals surface area contributed by atoms with E-state index in [2.05, 4.69) is 24.3 Å². The highest BCUT2D eigenvalue weighted by Gasteiger charge is 1.98. The van der Waals surface area contributed by atoms with Gasteiger partial charge in [0.25, 0.3) is 0 Å². The van der Waals surface area contributed by atoms with Crippen LogP contribution in [-0.2, 0) is 11.4 Å². The lowest BCUT2D eigenvalue weighted by atomic mass is 10.2. The van der Waals surface area contributed by atoms with Crippen molar-refractivity contribution in [3.8, 4) is 5.88 Å². The summed E-state index contributed by atoms with van der Waals surface area (Å²) in [4.78, 5) is 9.48. The fourth-order valence-corrected chi connectivity index (χ4v) is 1.02. The summed E-state index contributed by atoms with van der Waals surface area (Å²) in [7, 11) is 1.61. The van der Waals surface area contributed by atoms with E-state index >= 15 is 0 Å². The monoisotopic (exact) mass is 210 g/mol. The summed E-state index contributed by atoms with van der Waals surface area (Å²) >= 11 is 0. The lowest BCUT2D eigenvalue weighted by Crippen LogP contribution is -2.18. The molecule has 0 aromatic carbocycles. The second-order valence-electron chi connectivity index (χ2n) is 3.70. The van der Waals surface area contributed by atoms with Crippen molar-refractivity contribution >= 4 is 0 Å². The first kappa shape index (κ1) is 11.9. The number of nitrogens with zero attached hydrogens (tertiary/aromatic N) is 1. The maximum absolute atomic E-state index is 5.24. The van der Waals surface area contributed by atoms with E-state index in [0.29, 0.717) is 24.9 Å². The molecule has 0 unspecified atom stereocenters. The Morgan fingerprint density at radius 3 is 2.87 bits per heavy atom. The lowest BCUT2D eigenvalue weighted by Gasteiger charge is -2.08. The molecule has 84 valence electrons. The number of ether oxygens (including phenoxy) is 1. The molecule has 0 fully saturated rings. The highest BCUT2D eigenvalue weighted by molar-refractivity contribution is 5.15. The van der Waals surface area contributed by atoms with E-state index in [9.17, 15) is 0 Å². The van der Waals surface area contributed by atoms with Crippen LogP contribution in [-0.4, -0.2) is 18.7 Å². The Bertz CT molecular complexity index is 290. The number of methoxy groups -OCH3 is 1. The Morgan fingerprint density at radius 1 is 1.40 bits per heavy atom. The fourth-order valence-electron chi connectivity index (χ4n) is 1.02. The van der Waals surface area contributed by atoms with Crippen LogP contribution in [0.4, 0.5) is 0 Å². The molecule has 1 aromatic rings. The van der Waals surface area contributed by atoms with Gasteiger partial charge in [-0.05, 0) is 12.0 Å². The molecular weight excluding hydrogens is 192 g/mol. The smallest absolute Gasteiger partial charge is 0.213 e. The van der Waals surface area contributed by atoms with Crippen LogP contribution in [0.1, 0.15) is 19.5 Å². The number of rotatable bonds is 6. The van der Waals surface area contributed by atoms with Crippen LogP contribution in [0.2, 0.25) is 0 Å². The van der Waals surface area contributed by atoms with Crippen molar-refractivity contribution in [2.75, 3.05) is 13.7 Å². The van der Waals surface area contributed by atoms with Gasteiger partial charge in [-0.1, -0.05) is 19.9 Å². The van der Waals surface area contributed by atoms with Gasteiger partial charge < -0.3 is 9.57 Å². The minimum atomic E-state index is 0.524. The lowest BCUT2D eigenvalue weighted by molar-refractivity contribution is 0.0190. The first-order chi connectivity index (χ1) is 7.22. The molecule has 0 atom stereocenters. The van der Waals surface area contributed by atoms with E-state index in [1.807, 2.05) is 18.2 Å². The van der Waals surface area contributed by atoms with Gasteiger partial charge in [-0.2, -0.15) is 5.48 Å². The second kappa shape index (κ2) is 6.37. The Hall–Kier alpha value is -1.13. The topological polar surface area (TPSA) is 43.4 Å². The summed E-state index contributed by atoms with van der Waals surface area (Å²) in [6, 6.07) is 5.65. The number of aromatic nitrogens is 1. The average molecular weight is 210 g/mol. The van der Waals surface area contributed by atoms with Crippen LogP contribution in [0, 0.1) is 5.92 Å². The average Bonchev–Trinajstić information content (AvgIpc) is 2.24. The normalized spacial score (nSPS) is 10.7. The first-order valence-electron chi connectivity index (χ1n) is 5.07. The highest BCUT2D eigenvalue weighted by atomic mass is 16.6. The van der Waals surface area contributed by atoms with Crippen molar-refractivity contribution in [2.24, 2.45) is 5.92 Å². The van der Waals surface area contributed by atoms with Crippen LogP contribution < -0.4 is 10.2 Å². The van der Waals surface area contributed by atoms with E-state index in [4.69, 9.17) is 9.57 Å². The van der Waals surface area contributed by atoms with Crippen LogP contribution in [0.15, 0.2) is 18.2 Å². The van der Waals surface area contributed by atoms with Crippen molar-refractivity contribution in [2.45, 2.75) is 20.4 Å². The minimum absolute atomic E-state index is 0.524. The zero-order chi connectivity index (χ0) is 11.1. The van der Waals surface area contributed by atoms with Gasteiger partial charge in [-0.25, -0.2) is 4.98 Å². The number of hydrogen-bond acceptors (Lipinski definition) is 4. The standard InChI is InChI=1S/C11H18N2O2/c1-9(2)8-15-12-7-10-5-4-6-11(13-10)14-3/h4-6,9,12H,7-8H2,1-3H3. The summed E-state index contributed by atoms with van der Waals surface area (Å²) in [5, 5.41) is 0. The third-order valence-electron chi connectivity index (χ3n) is 1.76. The number of hydrogen-bond donors (Lipinski definition) is 1. The largest absolute Gasteiger partial charge is 0.481 e. The molecule has 0 aliphatic heterocycles. The number of pyridine rings is 1. The van der Waals surface area contributed by atoms with Gasteiger partial charge in [0.2, 0.25) is 5.88 Å². The zero-order valence-electron chi connectivity index (χ0n) is 9.49.